The summed E-state index contributed by atoms with van der Waals surface area (Å²) in [5.41, 5.74) is 1.92. The van der Waals surface area contributed by atoms with Crippen LogP contribution in [0.5, 0.6) is 0 Å². The Morgan fingerprint density at radius 1 is 1.09 bits per heavy atom. The second kappa shape index (κ2) is 11.7. The fourth-order valence-corrected chi connectivity index (χ4v) is 1.58. The van der Waals surface area contributed by atoms with E-state index in [1.165, 1.54) is 13.2 Å². The minimum atomic E-state index is -0.410. The molecule has 1 aromatic rings. The normalized spacial score (nSPS) is 11.8. The van der Waals surface area contributed by atoms with Crippen molar-refractivity contribution in [2.24, 2.45) is 0 Å². The third-order valence-electron chi connectivity index (χ3n) is 2.68. The van der Waals surface area contributed by atoms with Gasteiger partial charge in [-0.25, -0.2) is 4.79 Å². The van der Waals surface area contributed by atoms with Gasteiger partial charge in [-0.1, -0.05) is 36.4 Å². The van der Waals surface area contributed by atoms with Gasteiger partial charge in [0, 0.05) is 13.2 Å². The van der Waals surface area contributed by atoms with Crippen LogP contribution in [0.4, 0.5) is 0 Å². The minimum absolute atomic E-state index is 0.218. The monoisotopic (exact) mass is 306 g/mol. The number of benzene rings is 1. The molecule has 0 radical (unpaired) electrons. The highest BCUT2D eigenvalue weighted by Crippen LogP contribution is 2.04. The molecular formula is C17H22O5. The Bertz CT molecular complexity index is 479. The molecule has 0 atom stereocenters. The molecule has 0 spiro atoms. The molecule has 5 heteroatoms. The van der Waals surface area contributed by atoms with E-state index in [0.717, 1.165) is 11.1 Å². The first-order valence-corrected chi connectivity index (χ1v) is 6.89. The molecule has 0 aliphatic rings. The number of hydrogen-bond acceptors (Lipinski definition) is 5. The van der Waals surface area contributed by atoms with E-state index in [2.05, 4.69) is 4.74 Å². The minimum Gasteiger partial charge on any atom is -0.466 e. The van der Waals surface area contributed by atoms with Crippen molar-refractivity contribution in [3.63, 3.8) is 0 Å². The predicted octanol–water partition coefficient (Wildman–Crippen LogP) is 2.48. The lowest BCUT2D eigenvalue weighted by Crippen LogP contribution is -2.02. The largest absolute Gasteiger partial charge is 0.466 e. The van der Waals surface area contributed by atoms with Crippen LogP contribution in [0.25, 0.3) is 0 Å². The van der Waals surface area contributed by atoms with E-state index in [1.54, 1.807) is 13.2 Å². The van der Waals surface area contributed by atoms with E-state index in [-0.39, 0.29) is 6.79 Å². The van der Waals surface area contributed by atoms with E-state index in [4.69, 9.17) is 14.2 Å². The molecule has 0 saturated carbocycles. The maximum atomic E-state index is 11.2. The summed E-state index contributed by atoms with van der Waals surface area (Å²) in [5, 5.41) is 0. The highest BCUT2D eigenvalue weighted by Gasteiger charge is 1.98. The summed E-state index contributed by atoms with van der Waals surface area (Å²) < 4.78 is 20.2. The van der Waals surface area contributed by atoms with Crippen LogP contribution in [-0.4, -0.2) is 40.2 Å². The van der Waals surface area contributed by atoms with Crippen LogP contribution < -0.4 is 0 Å². The van der Waals surface area contributed by atoms with E-state index in [0.29, 0.717) is 19.8 Å². The highest BCUT2D eigenvalue weighted by molar-refractivity contribution is 5.82. The van der Waals surface area contributed by atoms with Crippen molar-refractivity contribution in [2.45, 2.75) is 6.61 Å². The van der Waals surface area contributed by atoms with Gasteiger partial charge in [-0.2, -0.15) is 0 Å². The number of carbonyl (C=O) groups is 1. The van der Waals surface area contributed by atoms with Gasteiger partial charge in [0.2, 0.25) is 0 Å². The van der Waals surface area contributed by atoms with Crippen molar-refractivity contribution >= 4 is 5.97 Å². The summed E-state index contributed by atoms with van der Waals surface area (Å²) in [6.07, 6.45) is 4.85. The molecule has 0 saturated heterocycles. The van der Waals surface area contributed by atoms with Gasteiger partial charge < -0.3 is 18.9 Å². The lowest BCUT2D eigenvalue weighted by atomic mass is 10.2. The van der Waals surface area contributed by atoms with Gasteiger partial charge in [-0.3, -0.25) is 0 Å². The zero-order chi connectivity index (χ0) is 16.0. The van der Waals surface area contributed by atoms with Gasteiger partial charge >= 0.3 is 5.97 Å². The molecule has 0 bridgehead atoms. The first-order valence-electron chi connectivity index (χ1n) is 6.89. The van der Waals surface area contributed by atoms with Crippen LogP contribution in [0.2, 0.25) is 0 Å². The molecule has 0 N–H and O–H groups in total. The molecule has 0 amide bonds. The fourth-order valence-electron chi connectivity index (χ4n) is 1.58. The van der Waals surface area contributed by atoms with E-state index >= 15 is 0 Å². The molecule has 1 aromatic carbocycles. The summed E-state index contributed by atoms with van der Waals surface area (Å²) in [6.45, 7) is 1.47. The topological polar surface area (TPSA) is 54.0 Å². The molecule has 22 heavy (non-hydrogen) atoms. The summed E-state index contributed by atoms with van der Waals surface area (Å²) in [5.74, 6) is -0.410. The first-order chi connectivity index (χ1) is 10.8. The molecule has 0 unspecified atom stereocenters. The molecule has 0 aromatic heterocycles. The number of hydrogen-bond donors (Lipinski definition) is 0. The molecule has 0 aliphatic carbocycles. The average Bonchev–Trinajstić information content (AvgIpc) is 2.56. The smallest absolute Gasteiger partial charge is 0.330 e. The van der Waals surface area contributed by atoms with E-state index < -0.39 is 5.97 Å². The number of ether oxygens (including phenoxy) is 4. The maximum absolute atomic E-state index is 11.2. The fraction of sp³-hybridized carbons (Fsp3) is 0.353. The van der Waals surface area contributed by atoms with Crippen LogP contribution in [0.1, 0.15) is 5.56 Å². The molecule has 0 aliphatic heterocycles. The van der Waals surface area contributed by atoms with Crippen molar-refractivity contribution in [1.29, 1.82) is 0 Å². The Hall–Kier alpha value is -1.95. The molecule has 1 rings (SSSR count). The van der Waals surface area contributed by atoms with Gasteiger partial charge in [0.05, 0.1) is 26.9 Å². The van der Waals surface area contributed by atoms with Gasteiger partial charge in [0.15, 0.2) is 0 Å². The summed E-state index contributed by atoms with van der Waals surface area (Å²) in [4.78, 5) is 11.2. The lowest BCUT2D eigenvalue weighted by molar-refractivity contribution is -0.134. The Labute approximate surface area is 131 Å². The third kappa shape index (κ3) is 8.36. The molecule has 0 heterocycles. The first kappa shape index (κ1) is 18.1. The lowest BCUT2D eigenvalue weighted by Gasteiger charge is -2.06. The average molecular weight is 306 g/mol. The third-order valence-corrected chi connectivity index (χ3v) is 2.68. The van der Waals surface area contributed by atoms with Crippen LogP contribution in [0.3, 0.4) is 0 Å². The zero-order valence-corrected chi connectivity index (χ0v) is 13.0. The van der Waals surface area contributed by atoms with Crippen LogP contribution in [0.15, 0.2) is 54.1 Å². The van der Waals surface area contributed by atoms with E-state index in [9.17, 15) is 4.79 Å². The quantitative estimate of drug-likeness (QED) is 0.218. The van der Waals surface area contributed by atoms with E-state index in [1.807, 2.05) is 36.4 Å². The zero-order valence-electron chi connectivity index (χ0n) is 13.0. The Balaban J connectivity index is 2.49. The Morgan fingerprint density at radius 3 is 2.55 bits per heavy atom. The second-order valence-corrected chi connectivity index (χ2v) is 4.39. The molecule has 0 fully saturated rings. The number of methoxy groups -OCH3 is 2. The summed E-state index contributed by atoms with van der Waals surface area (Å²) in [7, 11) is 2.90. The molecule has 120 valence electrons. The van der Waals surface area contributed by atoms with Crippen molar-refractivity contribution < 1.29 is 23.7 Å². The van der Waals surface area contributed by atoms with Gasteiger partial charge in [0.25, 0.3) is 0 Å². The Morgan fingerprint density at radius 2 is 1.86 bits per heavy atom. The Kier molecular flexibility index (Phi) is 9.61. The summed E-state index contributed by atoms with van der Waals surface area (Å²) >= 11 is 0. The van der Waals surface area contributed by atoms with Crippen molar-refractivity contribution in [3.8, 4) is 0 Å². The molecule has 5 nitrogen and oxygen atoms in total. The SMILES string of the molecule is COCOC/C=C(/C=C/C(=O)OC)COCc1ccccc1. The van der Waals surface area contributed by atoms with Crippen molar-refractivity contribution in [1.82, 2.24) is 0 Å². The van der Waals surface area contributed by atoms with Crippen molar-refractivity contribution in [3.05, 3.63) is 59.7 Å². The van der Waals surface area contributed by atoms with Crippen LogP contribution >= 0.6 is 0 Å². The number of esters is 1. The molecular weight excluding hydrogens is 284 g/mol. The standard InChI is InChI=1S/C17H22O5/c1-19-14-21-11-10-16(8-9-17(18)20-2)13-22-12-15-6-4-3-5-7-15/h3-10H,11-14H2,1-2H3/b9-8+,16-10-. The summed E-state index contributed by atoms with van der Waals surface area (Å²) in [6, 6.07) is 9.88. The second-order valence-electron chi connectivity index (χ2n) is 4.39. The van der Waals surface area contributed by atoms with Crippen molar-refractivity contribution in [2.75, 3.05) is 34.2 Å². The van der Waals surface area contributed by atoms with Gasteiger partial charge in [-0.05, 0) is 17.2 Å². The maximum Gasteiger partial charge on any atom is 0.330 e. The number of carbonyl (C=O) groups excluding carboxylic acids is 1. The van der Waals surface area contributed by atoms with Crippen LogP contribution in [0, 0.1) is 0 Å². The van der Waals surface area contributed by atoms with Gasteiger partial charge in [0.1, 0.15) is 6.79 Å². The van der Waals surface area contributed by atoms with Gasteiger partial charge in [-0.15, -0.1) is 0 Å². The predicted molar refractivity (Wildman–Crippen MR) is 83.2 cm³/mol. The van der Waals surface area contributed by atoms with Crippen LogP contribution in [-0.2, 0) is 30.3 Å². The highest BCUT2D eigenvalue weighted by atomic mass is 16.7. The number of rotatable bonds is 10.